The van der Waals surface area contributed by atoms with Crippen LogP contribution in [0.1, 0.15) is 11.0 Å². The molecule has 0 radical (unpaired) electrons. The van der Waals surface area contributed by atoms with Gasteiger partial charge >= 0.3 is 0 Å². The SMILES string of the molecule is [2H]C([2H])(O)C([2H])([2H])c1cc(F)ccc1Br. The van der Waals surface area contributed by atoms with Crippen molar-refractivity contribution in [3.63, 3.8) is 0 Å². The summed E-state index contributed by atoms with van der Waals surface area (Å²) in [5.74, 6) is -0.693. The summed E-state index contributed by atoms with van der Waals surface area (Å²) in [6.07, 6.45) is -2.69. The van der Waals surface area contributed by atoms with Crippen LogP contribution in [0.15, 0.2) is 22.7 Å². The first-order chi connectivity index (χ1) is 6.66. The molecular formula is C8H8BrFO. The molecule has 0 unspecified atom stereocenters. The number of aryl methyl sites for hydroxylation is 1. The molecule has 0 bridgehead atoms. The van der Waals surface area contributed by atoms with E-state index in [-0.39, 0.29) is 10.0 Å². The van der Waals surface area contributed by atoms with Gasteiger partial charge in [0.1, 0.15) is 5.82 Å². The molecule has 3 heteroatoms. The normalized spacial score (nSPS) is 18.1. The van der Waals surface area contributed by atoms with E-state index in [1.807, 2.05) is 0 Å². The number of benzene rings is 1. The quantitative estimate of drug-likeness (QED) is 0.814. The van der Waals surface area contributed by atoms with Gasteiger partial charge in [-0.1, -0.05) is 15.9 Å². The van der Waals surface area contributed by atoms with Gasteiger partial charge in [-0.15, -0.1) is 0 Å². The Kier molecular flexibility index (Phi) is 1.59. The zero-order chi connectivity index (χ0) is 11.9. The summed E-state index contributed by atoms with van der Waals surface area (Å²) in [6.45, 7) is -3.08. The molecule has 1 nitrogen and oxygen atoms in total. The maximum atomic E-state index is 12.9. The fraction of sp³-hybridized carbons (Fsp3) is 0.250. The number of rotatable bonds is 2. The van der Waals surface area contributed by atoms with Gasteiger partial charge in [-0.2, -0.15) is 0 Å². The minimum atomic E-state index is -3.08. The van der Waals surface area contributed by atoms with Crippen LogP contribution in [0, 0.1) is 5.82 Å². The molecule has 0 aliphatic rings. The predicted molar refractivity (Wildman–Crippen MR) is 44.9 cm³/mol. The highest BCUT2D eigenvalue weighted by atomic mass is 79.9. The second-order valence-electron chi connectivity index (χ2n) is 1.86. The van der Waals surface area contributed by atoms with Crippen LogP contribution in [-0.2, 0) is 6.37 Å². The Morgan fingerprint density at radius 1 is 1.64 bits per heavy atom. The zero-order valence-electron chi connectivity index (χ0n) is 9.44. The molecular weight excluding hydrogens is 211 g/mol. The molecule has 0 amide bonds. The van der Waals surface area contributed by atoms with Gasteiger partial charge in [-0.3, -0.25) is 0 Å². The minimum Gasteiger partial charge on any atom is -0.396 e. The van der Waals surface area contributed by atoms with E-state index in [4.69, 9.17) is 10.6 Å². The van der Waals surface area contributed by atoms with E-state index in [2.05, 4.69) is 15.9 Å². The first-order valence-corrected chi connectivity index (χ1v) is 3.63. The summed E-state index contributed by atoms with van der Waals surface area (Å²) in [5.41, 5.74) is -0.269. The van der Waals surface area contributed by atoms with Crippen molar-refractivity contribution in [1.82, 2.24) is 0 Å². The van der Waals surface area contributed by atoms with E-state index >= 15 is 0 Å². The molecule has 0 atom stereocenters. The fourth-order valence-corrected chi connectivity index (χ4v) is 0.999. The van der Waals surface area contributed by atoms with Crippen LogP contribution in [0.5, 0.6) is 0 Å². The van der Waals surface area contributed by atoms with Crippen molar-refractivity contribution in [3.05, 3.63) is 34.1 Å². The number of hydrogen-bond acceptors (Lipinski definition) is 1. The van der Waals surface area contributed by atoms with Gasteiger partial charge in [0.05, 0.1) is 2.74 Å². The van der Waals surface area contributed by atoms with E-state index in [1.165, 1.54) is 6.07 Å². The van der Waals surface area contributed by atoms with E-state index in [0.29, 0.717) is 0 Å². The molecule has 0 saturated heterocycles. The molecule has 1 rings (SSSR count). The van der Waals surface area contributed by atoms with Crippen LogP contribution in [0.3, 0.4) is 0 Å². The smallest absolute Gasteiger partial charge is 0.123 e. The average molecular weight is 223 g/mol. The van der Waals surface area contributed by atoms with Crippen molar-refractivity contribution in [1.29, 1.82) is 0 Å². The maximum absolute atomic E-state index is 12.9. The molecule has 0 spiro atoms. The summed E-state index contributed by atoms with van der Waals surface area (Å²) in [7, 11) is 0. The van der Waals surface area contributed by atoms with Crippen molar-refractivity contribution < 1.29 is 15.0 Å². The van der Waals surface area contributed by atoms with Crippen LogP contribution in [0.4, 0.5) is 4.39 Å². The van der Waals surface area contributed by atoms with Gasteiger partial charge in [0.2, 0.25) is 0 Å². The van der Waals surface area contributed by atoms with Crippen molar-refractivity contribution >= 4 is 15.9 Å². The molecule has 0 aliphatic carbocycles. The lowest BCUT2D eigenvalue weighted by Crippen LogP contribution is -1.92. The maximum Gasteiger partial charge on any atom is 0.123 e. The third kappa shape index (κ3) is 2.27. The van der Waals surface area contributed by atoms with Crippen LogP contribution >= 0.6 is 15.9 Å². The monoisotopic (exact) mass is 222 g/mol. The fourth-order valence-electron chi connectivity index (χ4n) is 0.654. The highest BCUT2D eigenvalue weighted by Gasteiger charge is 1.99. The van der Waals surface area contributed by atoms with E-state index in [0.717, 1.165) is 12.1 Å². The van der Waals surface area contributed by atoms with Gasteiger partial charge in [-0.05, 0) is 30.1 Å². The summed E-state index contributed by atoms with van der Waals surface area (Å²) < 4.78 is 41.8. The molecule has 0 saturated carbocycles. The Balaban J connectivity index is 3.32. The van der Waals surface area contributed by atoms with Crippen molar-refractivity contribution in [2.24, 2.45) is 0 Å². The van der Waals surface area contributed by atoms with Crippen LogP contribution < -0.4 is 0 Å². The van der Waals surface area contributed by atoms with Crippen molar-refractivity contribution in [2.75, 3.05) is 6.56 Å². The lowest BCUT2D eigenvalue weighted by molar-refractivity contribution is 0.299. The predicted octanol–water partition coefficient (Wildman–Crippen LogP) is 2.12. The van der Waals surface area contributed by atoms with Gasteiger partial charge < -0.3 is 5.11 Å². The molecule has 0 fully saturated rings. The summed E-state index contributed by atoms with van der Waals surface area (Å²) in [5, 5.41) is 9.03. The first-order valence-electron chi connectivity index (χ1n) is 4.84. The number of hydrogen-bond donors (Lipinski definition) is 1. The van der Waals surface area contributed by atoms with Crippen LogP contribution in [0.25, 0.3) is 0 Å². The Morgan fingerprint density at radius 3 is 3.00 bits per heavy atom. The molecule has 1 aromatic rings. The third-order valence-corrected chi connectivity index (χ3v) is 1.81. The van der Waals surface area contributed by atoms with Gasteiger partial charge in [-0.25, -0.2) is 4.39 Å². The Morgan fingerprint density at radius 2 is 2.36 bits per heavy atom. The van der Waals surface area contributed by atoms with Crippen molar-refractivity contribution in [3.8, 4) is 0 Å². The second kappa shape index (κ2) is 3.83. The lowest BCUT2D eigenvalue weighted by atomic mass is 10.2. The third-order valence-electron chi connectivity index (χ3n) is 1.12. The van der Waals surface area contributed by atoms with Gasteiger partial charge in [0.25, 0.3) is 0 Å². The molecule has 1 aromatic carbocycles. The number of halogens is 2. The summed E-state index contributed by atoms with van der Waals surface area (Å²) in [6, 6.07) is 3.21. The Labute approximate surface area is 78.6 Å². The zero-order valence-corrected chi connectivity index (χ0v) is 7.02. The Hall–Kier alpha value is -0.410. The molecule has 11 heavy (non-hydrogen) atoms. The second-order valence-corrected chi connectivity index (χ2v) is 2.72. The standard InChI is InChI=1S/C8H8BrFO/c9-8-2-1-7(10)5-6(8)3-4-11/h1-2,5,11H,3-4H2/i3D2,4D2. The van der Waals surface area contributed by atoms with Crippen molar-refractivity contribution in [2.45, 2.75) is 6.37 Å². The Bertz CT molecular complexity index is 377. The molecule has 0 heterocycles. The van der Waals surface area contributed by atoms with E-state index in [1.54, 1.807) is 0 Å². The number of aliphatic hydroxyl groups is 1. The minimum absolute atomic E-state index is 0.201. The molecule has 60 valence electrons. The van der Waals surface area contributed by atoms with E-state index < -0.39 is 18.7 Å². The highest BCUT2D eigenvalue weighted by molar-refractivity contribution is 9.10. The summed E-state index contributed by atoms with van der Waals surface area (Å²) in [4.78, 5) is 0. The first kappa shape index (κ1) is 4.58. The molecule has 0 aliphatic heterocycles. The summed E-state index contributed by atoms with van der Waals surface area (Å²) >= 11 is 2.97. The van der Waals surface area contributed by atoms with E-state index in [9.17, 15) is 4.39 Å². The van der Waals surface area contributed by atoms with Crippen LogP contribution in [-0.4, -0.2) is 11.7 Å². The molecule has 1 N–H and O–H groups in total. The highest BCUT2D eigenvalue weighted by Crippen LogP contribution is 2.17. The average Bonchev–Trinajstić information content (AvgIpc) is 2.07. The lowest BCUT2D eigenvalue weighted by Gasteiger charge is -2.00. The van der Waals surface area contributed by atoms with Gasteiger partial charge in [0, 0.05) is 13.8 Å². The largest absolute Gasteiger partial charge is 0.396 e. The topological polar surface area (TPSA) is 20.2 Å². The van der Waals surface area contributed by atoms with Crippen LogP contribution in [0.2, 0.25) is 0 Å². The van der Waals surface area contributed by atoms with Gasteiger partial charge in [0.15, 0.2) is 0 Å². The molecule has 0 aromatic heterocycles.